The molecule has 1 heterocycles. The summed E-state index contributed by atoms with van der Waals surface area (Å²) in [5.74, 6) is -1.07. The highest BCUT2D eigenvalue weighted by Gasteiger charge is 2.23. The zero-order chi connectivity index (χ0) is 15.4. The number of carbonyl (C=O) groups is 1. The molecule has 0 bridgehead atoms. The van der Waals surface area contributed by atoms with Gasteiger partial charge in [-0.2, -0.15) is 0 Å². The summed E-state index contributed by atoms with van der Waals surface area (Å²) in [6.07, 6.45) is 0.218. The van der Waals surface area contributed by atoms with E-state index in [9.17, 15) is 14.9 Å². The maximum atomic E-state index is 11.2. The minimum atomic E-state index is -1.07. The molecular formula is C11H12N4O6. The molecule has 0 fully saturated rings. The molecule has 0 radical (unpaired) electrons. The first-order chi connectivity index (χ1) is 10.0. The van der Waals surface area contributed by atoms with Crippen molar-refractivity contribution in [3.05, 3.63) is 22.2 Å². The van der Waals surface area contributed by atoms with Crippen LogP contribution in [0, 0.1) is 10.1 Å². The van der Waals surface area contributed by atoms with Crippen LogP contribution in [0.4, 0.5) is 11.4 Å². The Kier molecular flexibility index (Phi) is 4.28. The van der Waals surface area contributed by atoms with Crippen LogP contribution < -0.4 is 5.32 Å². The van der Waals surface area contributed by atoms with Crippen molar-refractivity contribution >= 4 is 28.4 Å². The van der Waals surface area contributed by atoms with Gasteiger partial charge in [0.2, 0.25) is 5.52 Å². The normalized spacial score (nSPS) is 12.2. The van der Waals surface area contributed by atoms with Crippen LogP contribution in [-0.4, -0.2) is 46.1 Å². The van der Waals surface area contributed by atoms with Gasteiger partial charge < -0.3 is 15.2 Å². The van der Waals surface area contributed by atoms with E-state index >= 15 is 0 Å². The molecule has 0 aliphatic rings. The minimum absolute atomic E-state index is 0.0409. The van der Waals surface area contributed by atoms with Crippen LogP contribution in [0.5, 0.6) is 0 Å². The molecule has 10 nitrogen and oxygen atoms in total. The van der Waals surface area contributed by atoms with Crippen LogP contribution in [0.25, 0.3) is 11.0 Å². The van der Waals surface area contributed by atoms with E-state index in [1.807, 2.05) is 0 Å². The average Bonchev–Trinajstić information content (AvgIpc) is 2.92. The summed E-state index contributed by atoms with van der Waals surface area (Å²) >= 11 is 0. The highest BCUT2D eigenvalue weighted by molar-refractivity contribution is 5.94. The van der Waals surface area contributed by atoms with Gasteiger partial charge in [-0.25, -0.2) is 9.42 Å². The second-order valence-electron chi connectivity index (χ2n) is 4.17. The fourth-order valence-corrected chi connectivity index (χ4v) is 1.80. The van der Waals surface area contributed by atoms with E-state index in [1.165, 1.54) is 19.2 Å². The lowest BCUT2D eigenvalue weighted by Crippen LogP contribution is -2.30. The summed E-state index contributed by atoms with van der Waals surface area (Å²) in [4.78, 5) is 21.4. The Balaban J connectivity index is 2.34. The number of benzene rings is 1. The Bertz CT molecular complexity index is 670. The topological polar surface area (TPSA) is 141 Å². The Morgan fingerprint density at radius 3 is 2.86 bits per heavy atom. The average molecular weight is 296 g/mol. The monoisotopic (exact) mass is 296 g/mol. The van der Waals surface area contributed by atoms with E-state index in [-0.39, 0.29) is 29.7 Å². The standard InChI is InChI=1S/C11H12N4O6/c1-20-5-4-7(11(16)17)12-6-2-3-8(15(18)19)10-9(6)13-21-14-10/h2-3,7,12H,4-5H2,1H3,(H,16,17). The van der Waals surface area contributed by atoms with Crippen molar-refractivity contribution < 1.29 is 24.2 Å². The molecule has 2 N–H and O–H groups in total. The molecule has 0 saturated carbocycles. The van der Waals surface area contributed by atoms with Crippen LogP contribution in [0.2, 0.25) is 0 Å². The fraction of sp³-hybridized carbons (Fsp3) is 0.364. The van der Waals surface area contributed by atoms with Crippen molar-refractivity contribution in [2.45, 2.75) is 12.5 Å². The Hall–Kier alpha value is -2.75. The SMILES string of the molecule is COCCC(Nc1ccc([N+](=O)[O-])c2nonc12)C(=O)O. The smallest absolute Gasteiger partial charge is 0.326 e. The second-order valence-corrected chi connectivity index (χ2v) is 4.17. The molecule has 21 heavy (non-hydrogen) atoms. The quantitative estimate of drug-likeness (QED) is 0.566. The first kappa shape index (κ1) is 14.7. The molecule has 0 aliphatic heterocycles. The Labute approximate surface area is 117 Å². The zero-order valence-electron chi connectivity index (χ0n) is 11.0. The van der Waals surface area contributed by atoms with Crippen molar-refractivity contribution in [2.75, 3.05) is 19.0 Å². The van der Waals surface area contributed by atoms with Gasteiger partial charge in [-0.05, 0) is 16.4 Å². The molecular weight excluding hydrogens is 284 g/mol. The third-order valence-electron chi connectivity index (χ3n) is 2.83. The Morgan fingerprint density at radius 1 is 1.52 bits per heavy atom. The molecule has 1 aromatic heterocycles. The van der Waals surface area contributed by atoms with Gasteiger partial charge in [0.05, 0.1) is 10.6 Å². The molecule has 1 unspecified atom stereocenters. The lowest BCUT2D eigenvalue weighted by molar-refractivity contribution is -0.383. The van der Waals surface area contributed by atoms with E-state index in [4.69, 9.17) is 9.84 Å². The van der Waals surface area contributed by atoms with Gasteiger partial charge >= 0.3 is 11.7 Å². The summed E-state index contributed by atoms with van der Waals surface area (Å²) in [6, 6.07) is 1.66. The number of carboxylic acid groups (broad SMARTS) is 1. The first-order valence-electron chi connectivity index (χ1n) is 5.92. The van der Waals surface area contributed by atoms with Crippen molar-refractivity contribution in [3.63, 3.8) is 0 Å². The molecule has 1 atom stereocenters. The Morgan fingerprint density at radius 2 is 2.24 bits per heavy atom. The summed E-state index contributed by atoms with van der Waals surface area (Å²) in [7, 11) is 1.46. The van der Waals surface area contributed by atoms with Crippen LogP contribution in [0.3, 0.4) is 0 Å². The van der Waals surface area contributed by atoms with Gasteiger partial charge in [0, 0.05) is 26.2 Å². The molecule has 2 aromatic rings. The zero-order valence-corrected chi connectivity index (χ0v) is 11.0. The van der Waals surface area contributed by atoms with Gasteiger partial charge in [-0.15, -0.1) is 0 Å². The van der Waals surface area contributed by atoms with Crippen LogP contribution in [0.15, 0.2) is 16.8 Å². The van der Waals surface area contributed by atoms with E-state index < -0.39 is 16.9 Å². The van der Waals surface area contributed by atoms with Crippen LogP contribution >= 0.6 is 0 Å². The summed E-state index contributed by atoms with van der Waals surface area (Å²) < 4.78 is 9.35. The highest BCUT2D eigenvalue weighted by Crippen LogP contribution is 2.29. The number of aromatic nitrogens is 2. The van der Waals surface area contributed by atoms with Gasteiger partial charge in [0.1, 0.15) is 6.04 Å². The molecule has 10 heteroatoms. The molecule has 0 aliphatic carbocycles. The number of carboxylic acids is 1. The number of ether oxygens (including phenoxy) is 1. The van der Waals surface area contributed by atoms with Crippen molar-refractivity contribution in [3.8, 4) is 0 Å². The molecule has 1 aromatic carbocycles. The van der Waals surface area contributed by atoms with E-state index in [0.717, 1.165) is 0 Å². The number of rotatable bonds is 7. The maximum absolute atomic E-state index is 11.2. The van der Waals surface area contributed by atoms with E-state index in [1.54, 1.807) is 0 Å². The molecule has 0 amide bonds. The van der Waals surface area contributed by atoms with Gasteiger partial charge in [0.25, 0.3) is 0 Å². The van der Waals surface area contributed by atoms with Gasteiger partial charge in [-0.3, -0.25) is 10.1 Å². The lowest BCUT2D eigenvalue weighted by atomic mass is 10.1. The molecule has 0 spiro atoms. The van der Waals surface area contributed by atoms with Gasteiger partial charge in [0.15, 0.2) is 5.52 Å². The van der Waals surface area contributed by atoms with Crippen molar-refractivity contribution in [2.24, 2.45) is 0 Å². The van der Waals surface area contributed by atoms with Crippen LogP contribution in [-0.2, 0) is 9.53 Å². The second kappa shape index (κ2) is 6.13. The first-order valence-corrected chi connectivity index (χ1v) is 5.92. The number of nitrogens with one attached hydrogen (secondary N) is 1. The van der Waals surface area contributed by atoms with E-state index in [2.05, 4.69) is 20.3 Å². The number of nitrogens with zero attached hydrogens (tertiary/aromatic N) is 3. The number of fused-ring (bicyclic) bond motifs is 1. The fourth-order valence-electron chi connectivity index (χ4n) is 1.80. The number of hydrogen-bond acceptors (Lipinski definition) is 8. The predicted octanol–water partition coefficient (Wildman–Crippen LogP) is 1.03. The number of non-ortho nitro benzene ring substituents is 1. The number of nitro benzene ring substituents is 1. The molecule has 112 valence electrons. The largest absolute Gasteiger partial charge is 0.480 e. The number of aliphatic carboxylic acids is 1. The number of methoxy groups -OCH3 is 1. The van der Waals surface area contributed by atoms with Gasteiger partial charge in [-0.1, -0.05) is 0 Å². The van der Waals surface area contributed by atoms with Crippen LogP contribution in [0.1, 0.15) is 6.42 Å². The third kappa shape index (κ3) is 3.05. The molecule has 0 saturated heterocycles. The summed E-state index contributed by atoms with van der Waals surface area (Å²) in [5, 5.41) is 29.8. The number of hydrogen-bond donors (Lipinski definition) is 2. The number of nitro groups is 1. The summed E-state index contributed by atoms with van der Waals surface area (Å²) in [5.41, 5.74) is 0.0923. The summed E-state index contributed by atoms with van der Waals surface area (Å²) in [6.45, 7) is 0.247. The third-order valence-corrected chi connectivity index (χ3v) is 2.83. The highest BCUT2D eigenvalue weighted by atomic mass is 16.6. The lowest BCUT2D eigenvalue weighted by Gasteiger charge is -2.15. The predicted molar refractivity (Wildman–Crippen MR) is 70.0 cm³/mol. The molecule has 2 rings (SSSR count). The van der Waals surface area contributed by atoms with E-state index in [0.29, 0.717) is 5.69 Å². The van der Waals surface area contributed by atoms with Crippen molar-refractivity contribution in [1.29, 1.82) is 0 Å². The number of anilines is 1. The minimum Gasteiger partial charge on any atom is -0.480 e. The van der Waals surface area contributed by atoms with Crippen molar-refractivity contribution in [1.82, 2.24) is 10.3 Å². The maximum Gasteiger partial charge on any atom is 0.326 e.